The van der Waals surface area contributed by atoms with Crippen molar-refractivity contribution in [2.75, 3.05) is 0 Å². The maximum atomic E-state index is 10.3. The molecule has 0 saturated carbocycles. The van der Waals surface area contributed by atoms with Gasteiger partial charge in [-0.15, -0.1) is 0 Å². The van der Waals surface area contributed by atoms with Gasteiger partial charge in [0.1, 0.15) is 17.7 Å². The van der Waals surface area contributed by atoms with Gasteiger partial charge in [-0.2, -0.15) is 10.1 Å². The first-order valence-electron chi connectivity index (χ1n) is 6.08. The molecule has 0 atom stereocenters. The van der Waals surface area contributed by atoms with E-state index < -0.39 is 17.2 Å². The molecule has 106 valence electrons. The molecule has 6 nitrogen and oxygen atoms in total. The number of benzene rings is 1. The number of phenols is 2. The summed E-state index contributed by atoms with van der Waals surface area (Å²) in [5.41, 5.74) is -1.03. The zero-order chi connectivity index (χ0) is 14.6. The van der Waals surface area contributed by atoms with E-state index in [1.807, 2.05) is 0 Å². The van der Waals surface area contributed by atoms with Crippen molar-refractivity contribution in [2.45, 2.75) is 44.9 Å². The van der Waals surface area contributed by atoms with Gasteiger partial charge in [-0.05, 0) is 45.4 Å². The second kappa shape index (κ2) is 4.08. The average molecular weight is 268 g/mol. The van der Waals surface area contributed by atoms with Crippen molar-refractivity contribution in [3.63, 3.8) is 0 Å². The molecule has 1 fully saturated rings. The molecule has 1 aliphatic heterocycles. The Morgan fingerprint density at radius 1 is 0.842 bits per heavy atom. The molecular weight excluding hydrogens is 248 g/mol. The highest BCUT2D eigenvalue weighted by Gasteiger charge is 2.58. The third-order valence-electron chi connectivity index (χ3n) is 4.33. The van der Waals surface area contributed by atoms with Crippen molar-refractivity contribution in [1.82, 2.24) is 10.1 Å². The number of nitrogens with zero attached hydrogens (tertiary/aromatic N) is 2. The minimum absolute atomic E-state index is 0.126. The second-order valence-corrected chi connectivity index (χ2v) is 5.96. The topological polar surface area (TPSA) is 87.4 Å². The van der Waals surface area contributed by atoms with Gasteiger partial charge in [0.2, 0.25) is 0 Å². The van der Waals surface area contributed by atoms with E-state index in [0.29, 0.717) is 5.56 Å². The summed E-state index contributed by atoms with van der Waals surface area (Å²) in [6, 6.07) is 3.99. The molecule has 1 aromatic rings. The van der Waals surface area contributed by atoms with Gasteiger partial charge >= 0.3 is 0 Å². The predicted octanol–water partition coefficient (Wildman–Crippen LogP) is 2.05. The Balaban J connectivity index is 2.51. The maximum Gasteiger partial charge on any atom is 0.137 e. The second-order valence-electron chi connectivity index (χ2n) is 5.96. The molecule has 0 amide bonds. The van der Waals surface area contributed by atoms with Crippen LogP contribution in [0.15, 0.2) is 18.2 Å². The van der Waals surface area contributed by atoms with Gasteiger partial charge in [0.05, 0.1) is 11.1 Å². The van der Waals surface area contributed by atoms with Crippen LogP contribution >= 0.6 is 0 Å². The molecule has 0 radical (unpaired) electrons. The first kappa shape index (κ1) is 14.1. The molecule has 19 heavy (non-hydrogen) atoms. The summed E-state index contributed by atoms with van der Waals surface area (Å²) in [7, 11) is 0. The average Bonchev–Trinajstić information content (AvgIpc) is 2.37. The molecule has 0 spiro atoms. The van der Waals surface area contributed by atoms with Gasteiger partial charge in [-0.25, -0.2) is 0 Å². The van der Waals surface area contributed by atoms with Gasteiger partial charge in [0.15, 0.2) is 0 Å². The van der Waals surface area contributed by atoms with Crippen molar-refractivity contribution in [2.24, 2.45) is 0 Å². The quantitative estimate of drug-likeness (QED) is 0.623. The number of aromatic hydroxyl groups is 2. The molecular formula is C13H20N2O4. The van der Waals surface area contributed by atoms with E-state index >= 15 is 0 Å². The van der Waals surface area contributed by atoms with Gasteiger partial charge in [-0.1, -0.05) is 0 Å². The van der Waals surface area contributed by atoms with Crippen LogP contribution in [0.1, 0.15) is 39.4 Å². The molecule has 0 bridgehead atoms. The van der Waals surface area contributed by atoms with Gasteiger partial charge in [-0.3, -0.25) is 0 Å². The van der Waals surface area contributed by atoms with Crippen LogP contribution in [-0.2, 0) is 0 Å². The highest BCUT2D eigenvalue weighted by atomic mass is 16.6. The summed E-state index contributed by atoms with van der Waals surface area (Å²) in [6.07, 6.45) is -0.858. The van der Waals surface area contributed by atoms with Crippen LogP contribution in [-0.4, -0.2) is 41.8 Å². The summed E-state index contributed by atoms with van der Waals surface area (Å²) in [4.78, 5) is 0. The molecule has 2 rings (SSSR count). The molecule has 1 heterocycles. The minimum atomic E-state index is -0.858. The SMILES string of the molecule is CC1(C)N(O)C(c2cc(O)cc(O)c2)N(O)C1(C)C. The van der Waals surface area contributed by atoms with E-state index in [2.05, 4.69) is 0 Å². The monoisotopic (exact) mass is 268 g/mol. The van der Waals surface area contributed by atoms with Gasteiger partial charge in [0, 0.05) is 6.07 Å². The van der Waals surface area contributed by atoms with Crippen molar-refractivity contribution in [1.29, 1.82) is 0 Å². The van der Waals surface area contributed by atoms with Crippen LogP contribution in [0.2, 0.25) is 0 Å². The summed E-state index contributed by atoms with van der Waals surface area (Å²) < 4.78 is 0. The first-order valence-corrected chi connectivity index (χ1v) is 6.08. The molecule has 4 N–H and O–H groups in total. The molecule has 1 aliphatic rings. The van der Waals surface area contributed by atoms with Crippen molar-refractivity contribution >= 4 is 0 Å². The molecule has 0 unspecified atom stereocenters. The number of hydrogen-bond donors (Lipinski definition) is 4. The lowest BCUT2D eigenvalue weighted by molar-refractivity contribution is -0.223. The van der Waals surface area contributed by atoms with E-state index in [1.54, 1.807) is 27.7 Å². The highest BCUT2D eigenvalue weighted by molar-refractivity contribution is 5.38. The lowest BCUT2D eigenvalue weighted by atomic mass is 9.84. The fourth-order valence-electron chi connectivity index (χ4n) is 2.33. The largest absolute Gasteiger partial charge is 0.508 e. The lowest BCUT2D eigenvalue weighted by Crippen LogP contribution is -2.52. The molecule has 1 aromatic carbocycles. The number of hydrogen-bond acceptors (Lipinski definition) is 6. The Morgan fingerprint density at radius 2 is 1.21 bits per heavy atom. The van der Waals surface area contributed by atoms with Crippen molar-refractivity contribution in [3.05, 3.63) is 23.8 Å². The summed E-state index contributed by atoms with van der Waals surface area (Å²) in [6.45, 7) is 7.22. The standard InChI is InChI=1S/C13H20N2O4/c1-12(2)13(3,4)15(19)11(14(12)18)8-5-9(16)7-10(17)6-8/h5-7,11,16-19H,1-4H3. The summed E-state index contributed by atoms with van der Waals surface area (Å²) >= 11 is 0. The van der Waals surface area contributed by atoms with Crippen molar-refractivity contribution in [3.8, 4) is 11.5 Å². The number of rotatable bonds is 1. The van der Waals surface area contributed by atoms with E-state index in [1.165, 1.54) is 18.2 Å². The van der Waals surface area contributed by atoms with Gasteiger partial charge in [0.25, 0.3) is 0 Å². The predicted molar refractivity (Wildman–Crippen MR) is 67.9 cm³/mol. The Bertz CT molecular complexity index is 461. The van der Waals surface area contributed by atoms with Gasteiger partial charge < -0.3 is 20.6 Å². The Morgan fingerprint density at radius 3 is 1.58 bits per heavy atom. The molecule has 0 aliphatic carbocycles. The fourth-order valence-corrected chi connectivity index (χ4v) is 2.33. The smallest absolute Gasteiger partial charge is 0.137 e. The Hall–Kier alpha value is -1.34. The van der Waals surface area contributed by atoms with Crippen LogP contribution in [0.5, 0.6) is 11.5 Å². The number of phenolic OH excluding ortho intramolecular Hbond substituents is 2. The van der Waals surface area contributed by atoms with Crippen LogP contribution in [0.25, 0.3) is 0 Å². The van der Waals surface area contributed by atoms with Crippen molar-refractivity contribution < 1.29 is 20.6 Å². The minimum Gasteiger partial charge on any atom is -0.508 e. The summed E-state index contributed by atoms with van der Waals surface area (Å²) in [5, 5.41) is 41.8. The molecule has 0 aromatic heterocycles. The zero-order valence-electron chi connectivity index (χ0n) is 11.5. The lowest BCUT2D eigenvalue weighted by Gasteiger charge is -2.37. The number of hydroxylamine groups is 4. The molecule has 6 heteroatoms. The normalized spacial score (nSPS) is 23.9. The van der Waals surface area contributed by atoms with E-state index in [-0.39, 0.29) is 11.5 Å². The maximum absolute atomic E-state index is 10.3. The third kappa shape index (κ3) is 1.88. The van der Waals surface area contributed by atoms with E-state index in [4.69, 9.17) is 0 Å². The van der Waals surface area contributed by atoms with Crippen LogP contribution < -0.4 is 0 Å². The molecule has 1 saturated heterocycles. The van der Waals surface area contributed by atoms with Crippen LogP contribution in [0.4, 0.5) is 0 Å². The fraction of sp³-hybridized carbons (Fsp3) is 0.538. The first-order chi connectivity index (χ1) is 8.59. The van der Waals surface area contributed by atoms with E-state index in [9.17, 15) is 20.6 Å². The van der Waals surface area contributed by atoms with Crippen LogP contribution in [0.3, 0.4) is 0 Å². The Labute approximate surface area is 112 Å². The van der Waals surface area contributed by atoms with Crippen LogP contribution in [0, 0.1) is 0 Å². The zero-order valence-corrected chi connectivity index (χ0v) is 11.5. The van der Waals surface area contributed by atoms with E-state index in [0.717, 1.165) is 10.1 Å². The Kier molecular flexibility index (Phi) is 3.02. The highest BCUT2D eigenvalue weighted by Crippen LogP contribution is 2.48. The third-order valence-corrected chi connectivity index (χ3v) is 4.33. The summed E-state index contributed by atoms with van der Waals surface area (Å²) in [5.74, 6) is -0.251.